The Kier molecular flexibility index (Phi) is 3.75. The lowest BCUT2D eigenvalue weighted by Crippen LogP contribution is -2.33. The topological polar surface area (TPSA) is 104 Å². The molecule has 0 unspecified atom stereocenters. The summed E-state index contributed by atoms with van der Waals surface area (Å²) < 4.78 is 36.4. The lowest BCUT2D eigenvalue weighted by atomic mass is 10.1. The van der Waals surface area contributed by atoms with Gasteiger partial charge >= 0.3 is 0 Å². The molecular formula is C16H18N4O4S. The number of hydrogen-bond acceptors (Lipinski definition) is 7. The van der Waals surface area contributed by atoms with Crippen molar-refractivity contribution in [2.24, 2.45) is 0 Å². The quantitative estimate of drug-likeness (QED) is 0.686. The molecule has 0 radical (unpaired) electrons. The monoisotopic (exact) mass is 362 g/mol. The van der Waals surface area contributed by atoms with Crippen LogP contribution in [0.25, 0.3) is 11.7 Å². The SMILES string of the molecule is CS(=O)(=O)C1(c2noc(-c3ccc(Cn4cccn4)o3)n2)CCCC1. The van der Waals surface area contributed by atoms with Crippen molar-refractivity contribution in [1.82, 2.24) is 19.9 Å². The zero-order chi connectivity index (χ0) is 17.5. The van der Waals surface area contributed by atoms with Gasteiger partial charge in [0.15, 0.2) is 21.4 Å². The third kappa shape index (κ3) is 2.78. The molecule has 1 fully saturated rings. The second-order valence-electron chi connectivity index (χ2n) is 6.37. The molecule has 3 aromatic rings. The van der Waals surface area contributed by atoms with Crippen molar-refractivity contribution < 1.29 is 17.4 Å². The molecule has 0 bridgehead atoms. The van der Waals surface area contributed by atoms with E-state index in [2.05, 4.69) is 15.2 Å². The van der Waals surface area contributed by atoms with Crippen LogP contribution in [0.4, 0.5) is 0 Å². The maximum Gasteiger partial charge on any atom is 0.293 e. The average molecular weight is 362 g/mol. The molecule has 25 heavy (non-hydrogen) atoms. The Balaban J connectivity index is 1.62. The summed E-state index contributed by atoms with van der Waals surface area (Å²) >= 11 is 0. The molecule has 1 aliphatic rings. The molecule has 1 aliphatic carbocycles. The summed E-state index contributed by atoms with van der Waals surface area (Å²) in [5, 5.41) is 8.08. The van der Waals surface area contributed by atoms with E-state index in [9.17, 15) is 8.42 Å². The van der Waals surface area contributed by atoms with Crippen LogP contribution in [-0.4, -0.2) is 34.6 Å². The molecular weight excluding hydrogens is 344 g/mol. The number of aromatic nitrogens is 4. The number of rotatable bonds is 5. The minimum Gasteiger partial charge on any atom is -0.454 e. The molecule has 3 aromatic heterocycles. The average Bonchev–Trinajstić information content (AvgIpc) is 3.34. The van der Waals surface area contributed by atoms with E-state index in [1.165, 1.54) is 6.26 Å². The Morgan fingerprint density at radius 1 is 1.28 bits per heavy atom. The van der Waals surface area contributed by atoms with Crippen molar-refractivity contribution in [2.45, 2.75) is 37.0 Å². The van der Waals surface area contributed by atoms with E-state index in [1.807, 2.05) is 18.3 Å². The van der Waals surface area contributed by atoms with Gasteiger partial charge in [-0.15, -0.1) is 0 Å². The van der Waals surface area contributed by atoms with Crippen LogP contribution in [0.15, 0.2) is 39.5 Å². The molecule has 8 nitrogen and oxygen atoms in total. The molecule has 0 amide bonds. The maximum absolute atomic E-state index is 12.3. The Labute approximate surface area is 144 Å². The zero-order valence-electron chi connectivity index (χ0n) is 13.8. The number of hydrogen-bond donors (Lipinski definition) is 0. The highest BCUT2D eigenvalue weighted by atomic mass is 32.2. The number of nitrogens with zero attached hydrogens (tertiary/aromatic N) is 4. The third-order valence-electron chi connectivity index (χ3n) is 4.70. The zero-order valence-corrected chi connectivity index (χ0v) is 14.6. The summed E-state index contributed by atoms with van der Waals surface area (Å²) in [6.45, 7) is 0.487. The van der Waals surface area contributed by atoms with Crippen LogP contribution >= 0.6 is 0 Å². The summed E-state index contributed by atoms with van der Waals surface area (Å²) in [6.07, 6.45) is 7.49. The number of furan rings is 1. The molecule has 9 heteroatoms. The van der Waals surface area contributed by atoms with Crippen LogP contribution < -0.4 is 0 Å². The van der Waals surface area contributed by atoms with Gasteiger partial charge in [-0.05, 0) is 31.0 Å². The van der Waals surface area contributed by atoms with Crippen LogP contribution in [0.5, 0.6) is 0 Å². The minimum atomic E-state index is -3.34. The van der Waals surface area contributed by atoms with Gasteiger partial charge in [0.1, 0.15) is 10.5 Å². The summed E-state index contributed by atoms with van der Waals surface area (Å²) in [5.74, 6) is 1.53. The summed E-state index contributed by atoms with van der Waals surface area (Å²) in [7, 11) is -3.34. The van der Waals surface area contributed by atoms with Crippen LogP contribution in [0.2, 0.25) is 0 Å². The van der Waals surface area contributed by atoms with Crippen molar-refractivity contribution in [2.75, 3.05) is 6.26 Å². The number of sulfone groups is 1. The molecule has 0 spiro atoms. The lowest BCUT2D eigenvalue weighted by molar-refractivity contribution is 0.391. The van der Waals surface area contributed by atoms with Gasteiger partial charge in [-0.3, -0.25) is 4.68 Å². The van der Waals surface area contributed by atoms with E-state index in [-0.39, 0.29) is 11.7 Å². The Morgan fingerprint density at radius 3 is 2.76 bits per heavy atom. The van der Waals surface area contributed by atoms with E-state index in [0.717, 1.165) is 12.8 Å². The second-order valence-corrected chi connectivity index (χ2v) is 8.69. The van der Waals surface area contributed by atoms with Crippen LogP contribution in [-0.2, 0) is 21.1 Å². The van der Waals surface area contributed by atoms with Crippen molar-refractivity contribution >= 4 is 9.84 Å². The minimum absolute atomic E-state index is 0.191. The van der Waals surface area contributed by atoms with Crippen LogP contribution in [0.1, 0.15) is 37.3 Å². The van der Waals surface area contributed by atoms with E-state index in [4.69, 9.17) is 8.94 Å². The molecule has 0 atom stereocenters. The highest BCUT2D eigenvalue weighted by Crippen LogP contribution is 2.44. The maximum atomic E-state index is 12.3. The fraction of sp³-hybridized carbons (Fsp3) is 0.438. The van der Waals surface area contributed by atoms with Crippen LogP contribution in [0, 0.1) is 0 Å². The van der Waals surface area contributed by atoms with Gasteiger partial charge in [-0.1, -0.05) is 18.0 Å². The Hall–Kier alpha value is -2.42. The van der Waals surface area contributed by atoms with Gasteiger partial charge in [0.25, 0.3) is 5.89 Å². The summed E-state index contributed by atoms with van der Waals surface area (Å²) in [5.41, 5.74) is 0. The molecule has 0 saturated heterocycles. The van der Waals surface area contributed by atoms with Crippen molar-refractivity contribution in [3.05, 3.63) is 42.2 Å². The predicted octanol–water partition coefficient (Wildman–Crippen LogP) is 2.39. The van der Waals surface area contributed by atoms with Gasteiger partial charge < -0.3 is 8.94 Å². The first kappa shape index (κ1) is 16.1. The van der Waals surface area contributed by atoms with Gasteiger partial charge in [-0.2, -0.15) is 10.1 Å². The third-order valence-corrected chi connectivity index (χ3v) is 6.71. The van der Waals surface area contributed by atoms with E-state index >= 15 is 0 Å². The normalized spacial score (nSPS) is 17.2. The molecule has 0 aliphatic heterocycles. The smallest absolute Gasteiger partial charge is 0.293 e. The fourth-order valence-corrected chi connectivity index (χ4v) is 4.79. The highest BCUT2D eigenvalue weighted by Gasteiger charge is 2.49. The molecule has 0 N–H and O–H groups in total. The standard InChI is InChI=1S/C16H18N4O4S/c1-25(21,22)16(7-2-3-8-16)15-18-14(24-19-15)13-6-5-12(23-13)11-20-10-4-9-17-20/h4-6,9-10H,2-3,7-8,11H2,1H3. The van der Waals surface area contributed by atoms with Crippen molar-refractivity contribution in [3.8, 4) is 11.7 Å². The van der Waals surface area contributed by atoms with E-state index in [0.29, 0.717) is 30.9 Å². The predicted molar refractivity (Wildman–Crippen MR) is 88.3 cm³/mol. The molecule has 3 heterocycles. The molecule has 0 aromatic carbocycles. The highest BCUT2D eigenvalue weighted by molar-refractivity contribution is 7.91. The van der Waals surface area contributed by atoms with Gasteiger partial charge in [-0.25, -0.2) is 8.42 Å². The fourth-order valence-electron chi connectivity index (χ4n) is 3.35. The lowest BCUT2D eigenvalue weighted by Gasteiger charge is -2.22. The molecule has 132 valence electrons. The van der Waals surface area contributed by atoms with Gasteiger partial charge in [0, 0.05) is 18.6 Å². The van der Waals surface area contributed by atoms with E-state index in [1.54, 1.807) is 16.9 Å². The molecule has 1 saturated carbocycles. The largest absolute Gasteiger partial charge is 0.454 e. The second kappa shape index (κ2) is 5.83. The first-order chi connectivity index (χ1) is 12.0. The van der Waals surface area contributed by atoms with Crippen LogP contribution in [0.3, 0.4) is 0 Å². The first-order valence-corrected chi connectivity index (χ1v) is 9.97. The first-order valence-electron chi connectivity index (χ1n) is 8.08. The molecule has 4 rings (SSSR count). The van der Waals surface area contributed by atoms with Crippen molar-refractivity contribution in [3.63, 3.8) is 0 Å². The van der Waals surface area contributed by atoms with Gasteiger partial charge in [0.05, 0.1) is 6.54 Å². The van der Waals surface area contributed by atoms with Crippen molar-refractivity contribution in [1.29, 1.82) is 0 Å². The Bertz CT molecular complexity index is 966. The Morgan fingerprint density at radius 2 is 2.08 bits per heavy atom. The summed E-state index contributed by atoms with van der Waals surface area (Å²) in [4.78, 5) is 4.34. The van der Waals surface area contributed by atoms with Gasteiger partial charge in [0.2, 0.25) is 0 Å². The van der Waals surface area contributed by atoms with E-state index < -0.39 is 14.6 Å². The summed E-state index contributed by atoms with van der Waals surface area (Å²) in [6, 6.07) is 5.38.